The lowest BCUT2D eigenvalue weighted by Crippen LogP contribution is -2.29. The van der Waals surface area contributed by atoms with Crippen molar-refractivity contribution in [1.82, 2.24) is 15.2 Å². The van der Waals surface area contributed by atoms with Crippen molar-refractivity contribution >= 4 is 11.3 Å². The van der Waals surface area contributed by atoms with Gasteiger partial charge < -0.3 is 10.2 Å². The molecule has 0 aromatic carbocycles. The first kappa shape index (κ1) is 11.0. The molecule has 0 atom stereocenters. The summed E-state index contributed by atoms with van der Waals surface area (Å²) in [6.45, 7) is 7.82. The number of aromatic nitrogens is 1. The van der Waals surface area contributed by atoms with E-state index in [4.69, 9.17) is 0 Å². The van der Waals surface area contributed by atoms with E-state index in [9.17, 15) is 0 Å². The zero-order chi connectivity index (χ0) is 10.5. The van der Waals surface area contributed by atoms with Crippen LogP contribution >= 0.6 is 11.3 Å². The van der Waals surface area contributed by atoms with Crippen LogP contribution in [0.1, 0.15) is 23.5 Å². The summed E-state index contributed by atoms with van der Waals surface area (Å²) < 4.78 is 0. The minimum atomic E-state index is 0.923. The van der Waals surface area contributed by atoms with E-state index < -0.39 is 0 Å². The molecule has 0 spiro atoms. The van der Waals surface area contributed by atoms with E-state index in [1.807, 2.05) is 6.92 Å². The number of nitrogens with one attached hydrogen (secondary N) is 1. The fraction of sp³-hybridized carbons (Fsp3) is 0.727. The molecule has 0 saturated carbocycles. The fourth-order valence-electron chi connectivity index (χ4n) is 1.92. The predicted molar refractivity (Wildman–Crippen MR) is 64.2 cm³/mol. The third-order valence-corrected chi connectivity index (χ3v) is 3.71. The molecule has 1 fully saturated rings. The van der Waals surface area contributed by atoms with Gasteiger partial charge in [0.15, 0.2) is 0 Å². The molecule has 3 nitrogen and oxygen atoms in total. The molecule has 0 bridgehead atoms. The Morgan fingerprint density at radius 2 is 2.27 bits per heavy atom. The second kappa shape index (κ2) is 5.58. The molecule has 0 aliphatic carbocycles. The monoisotopic (exact) mass is 225 g/mol. The van der Waals surface area contributed by atoms with E-state index in [1.54, 1.807) is 11.3 Å². The summed E-state index contributed by atoms with van der Waals surface area (Å²) in [5, 5.41) is 6.76. The van der Waals surface area contributed by atoms with E-state index in [0.29, 0.717) is 0 Å². The van der Waals surface area contributed by atoms with E-state index in [2.05, 4.69) is 20.6 Å². The highest BCUT2D eigenvalue weighted by atomic mass is 32.1. The largest absolute Gasteiger partial charge is 0.309 e. The molecule has 1 saturated heterocycles. The molecule has 0 amide bonds. The Kier molecular flexibility index (Phi) is 4.11. The maximum absolute atomic E-state index is 4.42. The van der Waals surface area contributed by atoms with Gasteiger partial charge in [-0.3, -0.25) is 0 Å². The van der Waals surface area contributed by atoms with Gasteiger partial charge >= 0.3 is 0 Å². The Morgan fingerprint density at radius 1 is 1.47 bits per heavy atom. The second-order valence-electron chi connectivity index (χ2n) is 4.11. The van der Waals surface area contributed by atoms with Crippen LogP contribution in [0, 0.1) is 6.92 Å². The molecular formula is C11H19N3S. The summed E-state index contributed by atoms with van der Waals surface area (Å²) in [5.74, 6) is 0. The number of nitrogens with zero attached hydrogens (tertiary/aromatic N) is 2. The highest BCUT2D eigenvalue weighted by Gasteiger charge is 2.09. The van der Waals surface area contributed by atoms with Crippen molar-refractivity contribution in [2.24, 2.45) is 0 Å². The lowest BCUT2D eigenvalue weighted by Gasteiger charge is -2.14. The van der Waals surface area contributed by atoms with Crippen LogP contribution in [0.15, 0.2) is 5.38 Å². The standard InChI is InChI=1S/C11H19N3S/c1-10-9-15-11(13-10)8-12-4-7-14-5-2-3-6-14/h9,12H,2-8H2,1H3. The topological polar surface area (TPSA) is 28.2 Å². The number of aryl methyl sites for hydroxylation is 1. The van der Waals surface area contributed by atoms with Crippen molar-refractivity contribution < 1.29 is 0 Å². The molecule has 15 heavy (non-hydrogen) atoms. The molecule has 2 rings (SSSR count). The first-order chi connectivity index (χ1) is 7.34. The summed E-state index contributed by atoms with van der Waals surface area (Å²) in [6.07, 6.45) is 2.76. The molecule has 0 radical (unpaired) electrons. The van der Waals surface area contributed by atoms with Crippen LogP contribution in [-0.2, 0) is 6.54 Å². The first-order valence-electron chi connectivity index (χ1n) is 5.69. The van der Waals surface area contributed by atoms with Crippen LogP contribution in [0.5, 0.6) is 0 Å². The highest BCUT2D eigenvalue weighted by Crippen LogP contribution is 2.08. The van der Waals surface area contributed by atoms with Gasteiger partial charge in [0.25, 0.3) is 0 Å². The number of likely N-dealkylation sites (tertiary alicyclic amines) is 1. The van der Waals surface area contributed by atoms with Gasteiger partial charge in [-0.1, -0.05) is 0 Å². The molecule has 2 heterocycles. The van der Waals surface area contributed by atoms with Crippen LogP contribution in [0.2, 0.25) is 0 Å². The maximum atomic E-state index is 4.42. The molecule has 1 aliphatic heterocycles. The van der Waals surface area contributed by atoms with E-state index in [1.165, 1.54) is 37.5 Å². The third-order valence-electron chi connectivity index (χ3n) is 2.75. The summed E-state index contributed by atoms with van der Waals surface area (Å²) >= 11 is 1.75. The molecular weight excluding hydrogens is 206 g/mol. The van der Waals surface area contributed by atoms with Crippen LogP contribution in [-0.4, -0.2) is 36.1 Å². The van der Waals surface area contributed by atoms with Crippen molar-refractivity contribution in [2.75, 3.05) is 26.2 Å². The van der Waals surface area contributed by atoms with Gasteiger partial charge in [-0.25, -0.2) is 4.98 Å². The molecule has 0 unspecified atom stereocenters. The Balaban J connectivity index is 1.58. The Morgan fingerprint density at radius 3 is 2.93 bits per heavy atom. The fourth-order valence-corrected chi connectivity index (χ4v) is 2.66. The Hall–Kier alpha value is -0.450. The third kappa shape index (κ3) is 3.55. The van der Waals surface area contributed by atoms with E-state index >= 15 is 0 Å². The Labute approximate surface area is 95.5 Å². The van der Waals surface area contributed by atoms with Gasteiger partial charge in [0.2, 0.25) is 0 Å². The van der Waals surface area contributed by atoms with Crippen LogP contribution in [0.3, 0.4) is 0 Å². The minimum absolute atomic E-state index is 0.923. The Bertz CT molecular complexity index is 292. The van der Waals surface area contributed by atoms with Crippen molar-refractivity contribution in [3.63, 3.8) is 0 Å². The average Bonchev–Trinajstić information content (AvgIpc) is 2.84. The van der Waals surface area contributed by atoms with Crippen LogP contribution in [0.4, 0.5) is 0 Å². The SMILES string of the molecule is Cc1csc(CNCCN2CCCC2)n1. The van der Waals surface area contributed by atoms with E-state index in [0.717, 1.165) is 18.8 Å². The van der Waals surface area contributed by atoms with Gasteiger partial charge in [0, 0.05) is 30.7 Å². The number of rotatable bonds is 5. The maximum Gasteiger partial charge on any atom is 0.107 e. The zero-order valence-electron chi connectivity index (χ0n) is 9.33. The zero-order valence-corrected chi connectivity index (χ0v) is 10.1. The molecule has 1 aromatic rings. The summed E-state index contributed by atoms with van der Waals surface area (Å²) in [5.41, 5.74) is 1.14. The summed E-state index contributed by atoms with van der Waals surface area (Å²) in [6, 6.07) is 0. The van der Waals surface area contributed by atoms with Crippen molar-refractivity contribution in [1.29, 1.82) is 0 Å². The van der Waals surface area contributed by atoms with Crippen molar-refractivity contribution in [3.05, 3.63) is 16.1 Å². The minimum Gasteiger partial charge on any atom is -0.309 e. The van der Waals surface area contributed by atoms with E-state index in [-0.39, 0.29) is 0 Å². The number of hydrogen-bond donors (Lipinski definition) is 1. The normalized spacial score (nSPS) is 17.4. The second-order valence-corrected chi connectivity index (χ2v) is 5.05. The molecule has 1 aromatic heterocycles. The molecule has 1 aliphatic rings. The predicted octanol–water partition coefficient (Wildman–Crippen LogP) is 1.64. The van der Waals surface area contributed by atoms with Gasteiger partial charge in [0.1, 0.15) is 5.01 Å². The average molecular weight is 225 g/mol. The van der Waals surface area contributed by atoms with Gasteiger partial charge in [-0.15, -0.1) is 11.3 Å². The highest BCUT2D eigenvalue weighted by molar-refractivity contribution is 7.09. The molecule has 84 valence electrons. The molecule has 4 heteroatoms. The van der Waals surface area contributed by atoms with Crippen LogP contribution < -0.4 is 5.32 Å². The van der Waals surface area contributed by atoms with Crippen LogP contribution in [0.25, 0.3) is 0 Å². The van der Waals surface area contributed by atoms with Gasteiger partial charge in [-0.2, -0.15) is 0 Å². The summed E-state index contributed by atoms with van der Waals surface area (Å²) in [7, 11) is 0. The molecule has 1 N–H and O–H groups in total. The lowest BCUT2D eigenvalue weighted by molar-refractivity contribution is 0.335. The quantitative estimate of drug-likeness (QED) is 0.772. The van der Waals surface area contributed by atoms with Crippen molar-refractivity contribution in [3.8, 4) is 0 Å². The smallest absolute Gasteiger partial charge is 0.107 e. The summed E-state index contributed by atoms with van der Waals surface area (Å²) in [4.78, 5) is 6.95. The van der Waals surface area contributed by atoms with Crippen molar-refractivity contribution in [2.45, 2.75) is 26.3 Å². The van der Waals surface area contributed by atoms with Gasteiger partial charge in [-0.05, 0) is 32.9 Å². The van der Waals surface area contributed by atoms with Gasteiger partial charge in [0.05, 0.1) is 0 Å². The number of hydrogen-bond acceptors (Lipinski definition) is 4. The first-order valence-corrected chi connectivity index (χ1v) is 6.56. The lowest BCUT2D eigenvalue weighted by atomic mass is 10.4. The number of thiazole rings is 1.